The van der Waals surface area contributed by atoms with Gasteiger partial charge in [0.2, 0.25) is 6.35 Å². The predicted octanol–water partition coefficient (Wildman–Crippen LogP) is 1.77. The number of aliphatic hydroxyl groups excluding tert-OH is 1. The molecule has 0 aromatic heterocycles. The van der Waals surface area contributed by atoms with E-state index in [4.69, 9.17) is 5.73 Å². The molecule has 30 heavy (non-hydrogen) atoms. The molecule has 7 nitrogen and oxygen atoms in total. The Labute approximate surface area is 176 Å². The van der Waals surface area contributed by atoms with Gasteiger partial charge in [0, 0.05) is 19.1 Å². The molecule has 2 aliphatic rings. The van der Waals surface area contributed by atoms with Crippen LogP contribution in [-0.2, 0) is 16.1 Å². The SMILES string of the molecule is CC[C@H]1CCCCN1CC(=O)C1=C(N)N(Cc2ccc(F)cc2)C(O)N(CC)C1=O. The van der Waals surface area contributed by atoms with Crippen molar-refractivity contribution >= 4 is 11.7 Å². The number of hydrogen-bond acceptors (Lipinski definition) is 6. The van der Waals surface area contributed by atoms with Crippen LogP contribution < -0.4 is 5.73 Å². The van der Waals surface area contributed by atoms with Gasteiger partial charge in [-0.2, -0.15) is 0 Å². The fourth-order valence-corrected chi connectivity index (χ4v) is 4.31. The summed E-state index contributed by atoms with van der Waals surface area (Å²) in [5, 5.41) is 10.7. The van der Waals surface area contributed by atoms with E-state index in [1.807, 2.05) is 0 Å². The number of amides is 1. The third-order valence-corrected chi connectivity index (χ3v) is 6.05. The minimum atomic E-state index is -1.29. The number of nitrogens with zero attached hydrogens (tertiary/aromatic N) is 3. The number of likely N-dealkylation sites (N-methyl/N-ethyl adjacent to an activating group) is 1. The molecule has 2 heterocycles. The Kier molecular flexibility index (Phi) is 7.10. The molecular formula is C22H31FN4O3. The van der Waals surface area contributed by atoms with Gasteiger partial charge in [0.05, 0.1) is 6.54 Å². The van der Waals surface area contributed by atoms with Gasteiger partial charge in [-0.05, 0) is 50.4 Å². The second kappa shape index (κ2) is 9.57. The van der Waals surface area contributed by atoms with E-state index in [9.17, 15) is 19.1 Å². The van der Waals surface area contributed by atoms with Gasteiger partial charge in [-0.25, -0.2) is 4.39 Å². The lowest BCUT2D eigenvalue weighted by molar-refractivity contribution is -0.158. The Hall–Kier alpha value is -2.45. The van der Waals surface area contributed by atoms with Crippen molar-refractivity contribution in [1.29, 1.82) is 0 Å². The lowest BCUT2D eigenvalue weighted by Gasteiger charge is -2.42. The quantitative estimate of drug-likeness (QED) is 0.656. The first kappa shape index (κ1) is 22.2. The van der Waals surface area contributed by atoms with Gasteiger partial charge < -0.3 is 15.7 Å². The molecule has 2 atom stereocenters. The molecule has 1 aromatic rings. The predicted molar refractivity (Wildman–Crippen MR) is 111 cm³/mol. The van der Waals surface area contributed by atoms with Crippen LogP contribution in [0.1, 0.15) is 45.1 Å². The molecule has 0 radical (unpaired) electrons. The van der Waals surface area contributed by atoms with Gasteiger partial charge in [-0.3, -0.25) is 19.4 Å². The molecule has 1 fully saturated rings. The van der Waals surface area contributed by atoms with Crippen LogP contribution in [-0.4, -0.2) is 63.5 Å². The molecule has 3 N–H and O–H groups in total. The number of carbonyl (C=O) groups excluding carboxylic acids is 2. The van der Waals surface area contributed by atoms with Crippen molar-refractivity contribution in [2.45, 2.75) is 58.5 Å². The molecular weight excluding hydrogens is 387 g/mol. The van der Waals surface area contributed by atoms with Gasteiger partial charge in [0.15, 0.2) is 5.78 Å². The lowest BCUT2D eigenvalue weighted by Crippen LogP contribution is -2.58. The molecule has 3 rings (SSSR count). The van der Waals surface area contributed by atoms with Crippen molar-refractivity contribution in [1.82, 2.24) is 14.7 Å². The van der Waals surface area contributed by atoms with Crippen LogP contribution in [0.25, 0.3) is 0 Å². The molecule has 1 aromatic carbocycles. The highest BCUT2D eigenvalue weighted by Gasteiger charge is 2.40. The maximum absolute atomic E-state index is 13.2. The zero-order chi connectivity index (χ0) is 21.8. The molecule has 0 bridgehead atoms. The number of hydrogen-bond donors (Lipinski definition) is 2. The second-order valence-electron chi connectivity index (χ2n) is 7.90. The van der Waals surface area contributed by atoms with Crippen LogP contribution in [0, 0.1) is 5.82 Å². The highest BCUT2D eigenvalue weighted by Crippen LogP contribution is 2.26. The first-order valence-corrected chi connectivity index (χ1v) is 10.6. The summed E-state index contributed by atoms with van der Waals surface area (Å²) >= 11 is 0. The van der Waals surface area contributed by atoms with Crippen molar-refractivity contribution < 1.29 is 19.1 Å². The van der Waals surface area contributed by atoms with Crippen LogP contribution in [0.4, 0.5) is 4.39 Å². The first-order valence-electron chi connectivity index (χ1n) is 10.6. The summed E-state index contributed by atoms with van der Waals surface area (Å²) in [6.45, 7) is 5.18. The summed E-state index contributed by atoms with van der Waals surface area (Å²) in [7, 11) is 0. The highest BCUT2D eigenvalue weighted by atomic mass is 19.1. The fraction of sp³-hybridized carbons (Fsp3) is 0.545. The number of Topliss-reactive ketones (excluding diaryl/α,β-unsaturated/α-hetero) is 1. The molecule has 8 heteroatoms. The average Bonchev–Trinajstić information content (AvgIpc) is 2.73. The number of rotatable bonds is 7. The van der Waals surface area contributed by atoms with Crippen molar-refractivity contribution in [3.05, 3.63) is 47.0 Å². The molecule has 1 unspecified atom stereocenters. The molecule has 0 spiro atoms. The van der Waals surface area contributed by atoms with Crippen LogP contribution >= 0.6 is 0 Å². The standard InChI is InChI=1S/C22H31FN4O3/c1-3-17-7-5-6-12-25(17)14-18(28)19-20(24)27(22(30)26(4-2)21(19)29)13-15-8-10-16(23)11-9-15/h8-11,17,22,30H,3-7,12-14,24H2,1-2H3/t17-,22?/m0/s1. The summed E-state index contributed by atoms with van der Waals surface area (Å²) in [6, 6.07) is 6.14. The van der Waals surface area contributed by atoms with E-state index in [1.165, 1.54) is 21.9 Å². The van der Waals surface area contributed by atoms with Crippen molar-refractivity contribution in [2.24, 2.45) is 5.73 Å². The summed E-state index contributed by atoms with van der Waals surface area (Å²) in [4.78, 5) is 30.9. The zero-order valence-corrected chi connectivity index (χ0v) is 17.7. The Balaban J connectivity index is 1.88. The van der Waals surface area contributed by atoms with E-state index in [0.717, 1.165) is 32.2 Å². The fourth-order valence-electron chi connectivity index (χ4n) is 4.31. The summed E-state index contributed by atoms with van der Waals surface area (Å²) in [6.07, 6.45) is 2.88. The molecule has 1 saturated heterocycles. The smallest absolute Gasteiger partial charge is 0.264 e. The monoisotopic (exact) mass is 418 g/mol. The van der Waals surface area contributed by atoms with Crippen LogP contribution in [0.15, 0.2) is 35.7 Å². The van der Waals surface area contributed by atoms with Crippen molar-refractivity contribution in [2.75, 3.05) is 19.6 Å². The zero-order valence-electron chi connectivity index (χ0n) is 17.7. The van der Waals surface area contributed by atoms with Crippen molar-refractivity contribution in [3.8, 4) is 0 Å². The van der Waals surface area contributed by atoms with Gasteiger partial charge in [0.25, 0.3) is 5.91 Å². The molecule has 164 valence electrons. The Morgan fingerprint density at radius 3 is 2.53 bits per heavy atom. The Bertz CT molecular complexity index is 811. The van der Waals surface area contributed by atoms with E-state index in [0.29, 0.717) is 11.6 Å². The van der Waals surface area contributed by atoms with Crippen LogP contribution in [0.2, 0.25) is 0 Å². The highest BCUT2D eigenvalue weighted by molar-refractivity contribution is 6.20. The lowest BCUT2D eigenvalue weighted by atomic mass is 9.98. The Morgan fingerprint density at radius 2 is 1.90 bits per heavy atom. The van der Waals surface area contributed by atoms with Gasteiger partial charge in [-0.15, -0.1) is 0 Å². The molecule has 0 aliphatic carbocycles. The average molecular weight is 419 g/mol. The minimum absolute atomic E-state index is 0.0309. The maximum atomic E-state index is 13.2. The summed E-state index contributed by atoms with van der Waals surface area (Å²) < 4.78 is 13.2. The summed E-state index contributed by atoms with van der Waals surface area (Å²) in [5.74, 6) is -1.27. The Morgan fingerprint density at radius 1 is 1.20 bits per heavy atom. The van der Waals surface area contributed by atoms with E-state index < -0.39 is 12.3 Å². The number of ketones is 1. The number of benzene rings is 1. The van der Waals surface area contributed by atoms with E-state index in [2.05, 4.69) is 11.8 Å². The van der Waals surface area contributed by atoms with Gasteiger partial charge >= 0.3 is 0 Å². The second-order valence-corrected chi connectivity index (χ2v) is 7.90. The van der Waals surface area contributed by atoms with E-state index >= 15 is 0 Å². The normalized spacial score (nSPS) is 23.3. The number of carbonyl (C=O) groups is 2. The van der Waals surface area contributed by atoms with Crippen LogP contribution in [0.3, 0.4) is 0 Å². The molecule has 1 amide bonds. The van der Waals surface area contributed by atoms with Crippen molar-refractivity contribution in [3.63, 3.8) is 0 Å². The number of halogens is 1. The minimum Gasteiger partial charge on any atom is -0.384 e. The number of likely N-dealkylation sites (tertiary alicyclic amines) is 1. The summed E-state index contributed by atoms with van der Waals surface area (Å²) in [5.41, 5.74) is 6.88. The van der Waals surface area contributed by atoms with E-state index in [1.54, 1.807) is 19.1 Å². The third-order valence-electron chi connectivity index (χ3n) is 6.05. The first-order chi connectivity index (χ1) is 14.4. The topological polar surface area (TPSA) is 90.1 Å². The van der Waals surface area contributed by atoms with E-state index in [-0.39, 0.29) is 42.6 Å². The third kappa shape index (κ3) is 4.49. The largest absolute Gasteiger partial charge is 0.384 e. The van der Waals surface area contributed by atoms with Crippen LogP contribution in [0.5, 0.6) is 0 Å². The molecule has 2 aliphatic heterocycles. The van der Waals surface area contributed by atoms with Gasteiger partial charge in [-0.1, -0.05) is 25.5 Å². The number of nitrogens with two attached hydrogens (primary N) is 1. The number of aliphatic hydroxyl groups is 1. The van der Waals surface area contributed by atoms with Gasteiger partial charge in [0.1, 0.15) is 17.2 Å². The maximum Gasteiger partial charge on any atom is 0.264 e. The molecule has 0 saturated carbocycles. The number of piperidine rings is 1.